The fraction of sp³-hybridized carbons (Fsp3) is 0.308. The van der Waals surface area contributed by atoms with Crippen molar-refractivity contribution in [2.24, 2.45) is 0 Å². The number of aromatic nitrogens is 2. The van der Waals surface area contributed by atoms with Gasteiger partial charge in [0.25, 0.3) is 5.91 Å². The molecule has 2 aromatic rings. The molecule has 0 spiro atoms. The number of hydrogen-bond donors (Lipinski definition) is 2. The van der Waals surface area contributed by atoms with Gasteiger partial charge >= 0.3 is 0 Å². The molecule has 0 fully saturated rings. The van der Waals surface area contributed by atoms with E-state index in [-0.39, 0.29) is 11.3 Å². The molecule has 0 saturated carbocycles. The predicted octanol–water partition coefficient (Wildman–Crippen LogP) is 3.43. The van der Waals surface area contributed by atoms with Crippen molar-refractivity contribution in [3.8, 4) is 0 Å². The van der Waals surface area contributed by atoms with E-state index in [0.717, 1.165) is 16.0 Å². The van der Waals surface area contributed by atoms with Crippen LogP contribution in [0.1, 0.15) is 36.1 Å². The molecule has 1 aromatic carbocycles. The molecule has 0 aliphatic rings. The number of amides is 1. The van der Waals surface area contributed by atoms with Crippen molar-refractivity contribution in [3.05, 3.63) is 33.2 Å². The van der Waals surface area contributed by atoms with Gasteiger partial charge in [-0.05, 0) is 45.7 Å². The first-order valence-electron chi connectivity index (χ1n) is 5.98. The quantitative estimate of drug-likeness (QED) is 0.809. The van der Waals surface area contributed by atoms with Crippen LogP contribution in [-0.2, 0) is 5.41 Å². The fourth-order valence-corrected chi connectivity index (χ4v) is 2.77. The number of rotatable bonds is 2. The summed E-state index contributed by atoms with van der Waals surface area (Å²) in [5, 5.41) is 6.89. The summed E-state index contributed by atoms with van der Waals surface area (Å²) in [6, 6.07) is 5.25. The summed E-state index contributed by atoms with van der Waals surface area (Å²) in [5.41, 5.74) is 7.49. The summed E-state index contributed by atoms with van der Waals surface area (Å²) in [6.45, 7) is 6.00. The Labute approximate surface area is 129 Å². The first kappa shape index (κ1) is 14.9. The fourth-order valence-electron chi connectivity index (χ4n) is 1.62. The van der Waals surface area contributed by atoms with E-state index in [9.17, 15) is 4.79 Å². The van der Waals surface area contributed by atoms with Crippen LogP contribution in [0.5, 0.6) is 0 Å². The van der Waals surface area contributed by atoms with Crippen LogP contribution in [0.2, 0.25) is 0 Å². The zero-order valence-electron chi connectivity index (χ0n) is 11.4. The average Bonchev–Trinajstić information content (AvgIpc) is 2.83. The van der Waals surface area contributed by atoms with E-state index in [1.54, 1.807) is 18.2 Å². The Morgan fingerprint density at radius 2 is 2.10 bits per heavy atom. The maximum absolute atomic E-state index is 12.3. The number of nitrogens with two attached hydrogens (primary N) is 1. The minimum atomic E-state index is -0.221. The minimum Gasteiger partial charge on any atom is -0.398 e. The highest BCUT2D eigenvalue weighted by Crippen LogP contribution is 2.27. The van der Waals surface area contributed by atoms with Gasteiger partial charge in [0.15, 0.2) is 0 Å². The number of carbonyl (C=O) groups excluding carboxylic acids is 1. The van der Waals surface area contributed by atoms with Gasteiger partial charge in [0.05, 0.1) is 5.69 Å². The molecule has 0 bridgehead atoms. The largest absolute Gasteiger partial charge is 0.398 e. The second kappa shape index (κ2) is 5.49. The second-order valence-corrected chi connectivity index (χ2v) is 7.00. The van der Waals surface area contributed by atoms with E-state index >= 15 is 0 Å². The maximum atomic E-state index is 12.3. The lowest BCUT2D eigenvalue weighted by Gasteiger charge is -2.16. The van der Waals surface area contributed by atoms with Crippen molar-refractivity contribution < 1.29 is 4.79 Å². The third kappa shape index (κ3) is 3.16. The Hall–Kier alpha value is -1.47. The molecule has 0 aliphatic heterocycles. The molecule has 5 nitrogen and oxygen atoms in total. The number of nitrogens with zero attached hydrogens (tertiary/aromatic N) is 2. The van der Waals surface area contributed by atoms with E-state index < -0.39 is 0 Å². The molecular weight excluding hydrogens is 340 g/mol. The molecule has 2 rings (SSSR count). The molecule has 3 N–H and O–H groups in total. The van der Waals surface area contributed by atoms with Gasteiger partial charge in [-0.3, -0.25) is 4.79 Å². The van der Waals surface area contributed by atoms with E-state index in [1.807, 2.05) is 20.8 Å². The topological polar surface area (TPSA) is 80.9 Å². The van der Waals surface area contributed by atoms with Gasteiger partial charge in [-0.15, -0.1) is 5.10 Å². The molecule has 1 aromatic heterocycles. The highest BCUT2D eigenvalue weighted by molar-refractivity contribution is 9.10. The standard InChI is InChI=1S/C13H15BrN4OS/c1-13(2,3)11-10(20-18-17-11)12(19)16-7-4-5-9(15)8(14)6-7/h4-6H,15H2,1-3H3,(H,16,19). The maximum Gasteiger partial charge on any atom is 0.269 e. The van der Waals surface area contributed by atoms with Crippen LogP contribution in [-0.4, -0.2) is 15.5 Å². The van der Waals surface area contributed by atoms with Crippen LogP contribution in [0, 0.1) is 0 Å². The zero-order valence-corrected chi connectivity index (χ0v) is 13.8. The smallest absolute Gasteiger partial charge is 0.269 e. The van der Waals surface area contributed by atoms with Crippen molar-refractivity contribution in [1.29, 1.82) is 0 Å². The van der Waals surface area contributed by atoms with Crippen molar-refractivity contribution in [1.82, 2.24) is 9.59 Å². The molecule has 0 atom stereocenters. The monoisotopic (exact) mass is 354 g/mol. The van der Waals surface area contributed by atoms with E-state index in [4.69, 9.17) is 5.73 Å². The van der Waals surface area contributed by atoms with Crippen molar-refractivity contribution in [2.75, 3.05) is 11.1 Å². The molecule has 7 heteroatoms. The van der Waals surface area contributed by atoms with Gasteiger partial charge in [0.1, 0.15) is 4.88 Å². The summed E-state index contributed by atoms with van der Waals surface area (Å²) in [5.74, 6) is -0.207. The normalized spacial score (nSPS) is 11.4. The van der Waals surface area contributed by atoms with Gasteiger partial charge in [-0.1, -0.05) is 25.3 Å². The minimum absolute atomic E-state index is 0.207. The van der Waals surface area contributed by atoms with Crippen LogP contribution in [0.4, 0.5) is 11.4 Å². The first-order chi connectivity index (χ1) is 9.29. The third-order valence-electron chi connectivity index (χ3n) is 2.66. The molecule has 0 unspecified atom stereocenters. The summed E-state index contributed by atoms with van der Waals surface area (Å²) >= 11 is 4.43. The number of halogens is 1. The van der Waals surface area contributed by atoms with Crippen molar-refractivity contribution in [3.63, 3.8) is 0 Å². The lowest BCUT2D eigenvalue weighted by Crippen LogP contribution is -2.19. The van der Waals surface area contributed by atoms with Crippen LogP contribution < -0.4 is 11.1 Å². The Bertz CT molecular complexity index is 648. The number of nitrogen functional groups attached to an aromatic ring is 1. The Kier molecular flexibility index (Phi) is 4.10. The number of anilines is 2. The van der Waals surface area contributed by atoms with E-state index in [0.29, 0.717) is 21.9 Å². The van der Waals surface area contributed by atoms with Gasteiger partial charge in [-0.2, -0.15) is 0 Å². The summed E-state index contributed by atoms with van der Waals surface area (Å²) < 4.78 is 4.63. The summed E-state index contributed by atoms with van der Waals surface area (Å²) in [6.07, 6.45) is 0. The Morgan fingerprint density at radius 3 is 2.70 bits per heavy atom. The third-order valence-corrected chi connectivity index (χ3v) is 4.07. The molecule has 106 valence electrons. The zero-order chi connectivity index (χ0) is 14.9. The van der Waals surface area contributed by atoms with Crippen LogP contribution in [0.15, 0.2) is 22.7 Å². The van der Waals surface area contributed by atoms with Crippen molar-refractivity contribution >= 4 is 44.7 Å². The van der Waals surface area contributed by atoms with Crippen LogP contribution >= 0.6 is 27.5 Å². The molecule has 0 aliphatic carbocycles. The van der Waals surface area contributed by atoms with Gasteiger partial charge < -0.3 is 11.1 Å². The van der Waals surface area contributed by atoms with Crippen LogP contribution in [0.3, 0.4) is 0 Å². The highest BCUT2D eigenvalue weighted by Gasteiger charge is 2.26. The summed E-state index contributed by atoms with van der Waals surface area (Å²) in [4.78, 5) is 12.8. The van der Waals surface area contributed by atoms with Crippen molar-refractivity contribution in [2.45, 2.75) is 26.2 Å². The SMILES string of the molecule is CC(C)(C)c1nnsc1C(=O)Nc1ccc(N)c(Br)c1. The molecular formula is C13H15BrN4OS. The van der Waals surface area contributed by atoms with Gasteiger partial charge in [0, 0.05) is 21.3 Å². The average molecular weight is 355 g/mol. The van der Waals surface area contributed by atoms with E-state index in [1.165, 1.54) is 0 Å². The van der Waals surface area contributed by atoms with E-state index in [2.05, 4.69) is 30.8 Å². The molecule has 0 saturated heterocycles. The Balaban J connectivity index is 2.25. The number of hydrogen-bond acceptors (Lipinski definition) is 5. The predicted molar refractivity (Wildman–Crippen MR) is 85.1 cm³/mol. The number of carbonyl (C=O) groups is 1. The molecule has 1 amide bonds. The highest BCUT2D eigenvalue weighted by atomic mass is 79.9. The van der Waals surface area contributed by atoms with Gasteiger partial charge in [-0.25, -0.2) is 0 Å². The lowest BCUT2D eigenvalue weighted by molar-refractivity contribution is 0.102. The molecule has 1 heterocycles. The molecule has 0 radical (unpaired) electrons. The number of benzene rings is 1. The summed E-state index contributed by atoms with van der Waals surface area (Å²) in [7, 11) is 0. The molecule has 20 heavy (non-hydrogen) atoms. The van der Waals surface area contributed by atoms with Crippen LogP contribution in [0.25, 0.3) is 0 Å². The number of nitrogens with one attached hydrogen (secondary N) is 1. The lowest BCUT2D eigenvalue weighted by atomic mass is 9.91. The Morgan fingerprint density at radius 1 is 1.40 bits per heavy atom. The first-order valence-corrected chi connectivity index (χ1v) is 7.55. The second-order valence-electron chi connectivity index (χ2n) is 5.39. The van der Waals surface area contributed by atoms with Gasteiger partial charge in [0.2, 0.25) is 0 Å².